The van der Waals surface area contributed by atoms with Crippen LogP contribution in [0.5, 0.6) is 11.5 Å². The van der Waals surface area contributed by atoms with Crippen LogP contribution in [0.25, 0.3) is 83.6 Å². The van der Waals surface area contributed by atoms with E-state index in [1.54, 1.807) is 0 Å². The third-order valence-electron chi connectivity index (χ3n) is 12.7. The minimum Gasteiger partial charge on any atom is -0.457 e. The summed E-state index contributed by atoms with van der Waals surface area (Å²) >= 11 is 0. The molecule has 0 unspecified atom stereocenters. The molecule has 0 N–H and O–H groups in total. The van der Waals surface area contributed by atoms with E-state index in [0.29, 0.717) is 17.5 Å². The van der Waals surface area contributed by atoms with Gasteiger partial charge in [-0.05, 0) is 64.0 Å². The van der Waals surface area contributed by atoms with Crippen molar-refractivity contribution >= 4 is 32.6 Å². The Balaban J connectivity index is 1.09. The van der Waals surface area contributed by atoms with E-state index < -0.39 is 5.41 Å². The van der Waals surface area contributed by atoms with Gasteiger partial charge in [0.2, 0.25) is 0 Å². The van der Waals surface area contributed by atoms with Crippen LogP contribution in [-0.2, 0) is 5.41 Å². The molecule has 0 atom stereocenters. The van der Waals surface area contributed by atoms with Crippen LogP contribution in [0.2, 0.25) is 0 Å². The average Bonchev–Trinajstić information content (AvgIpc) is 3.80. The van der Waals surface area contributed by atoms with Crippen molar-refractivity contribution in [1.29, 1.82) is 0 Å². The molecule has 5 heteroatoms. The standard InChI is InChI=1S/C56H34N4O/c1-3-17-35(18-4-1)53-57-54(36-19-5-2-6-20-36)59-55(58-53)41-25-15-24-39-37(41)23-16-30-49(39)60-48-29-12-8-22-40(48)43-33-42-38-21-7-9-26-44(38)56(47(42)34-50(43)60)45-27-10-13-31-51(45)61-52-32-14-11-28-46(52)56/h1-34H. The summed E-state index contributed by atoms with van der Waals surface area (Å²) in [5.74, 6) is 3.68. The van der Waals surface area contributed by atoms with E-state index in [1.807, 2.05) is 60.7 Å². The number of fused-ring (bicyclic) bond motifs is 13. The van der Waals surface area contributed by atoms with Crippen LogP contribution in [0.4, 0.5) is 0 Å². The maximum absolute atomic E-state index is 6.66. The Bertz CT molecular complexity index is 3470. The maximum atomic E-state index is 6.66. The molecule has 0 saturated heterocycles. The van der Waals surface area contributed by atoms with Crippen LogP contribution in [0.3, 0.4) is 0 Å². The van der Waals surface area contributed by atoms with Crippen molar-refractivity contribution in [1.82, 2.24) is 19.5 Å². The molecular weight excluding hydrogens is 745 g/mol. The Kier molecular flexibility index (Phi) is 7.16. The Morgan fingerprint density at radius 2 is 0.885 bits per heavy atom. The zero-order valence-electron chi connectivity index (χ0n) is 32.8. The van der Waals surface area contributed by atoms with Gasteiger partial charge in [-0.1, -0.05) is 170 Å². The Morgan fingerprint density at radius 3 is 1.61 bits per heavy atom. The van der Waals surface area contributed by atoms with Crippen LogP contribution in [0, 0.1) is 0 Å². The van der Waals surface area contributed by atoms with Crippen molar-refractivity contribution in [3.8, 4) is 62.5 Å². The first-order valence-electron chi connectivity index (χ1n) is 20.7. The van der Waals surface area contributed by atoms with Gasteiger partial charge < -0.3 is 9.30 Å². The molecule has 11 aromatic rings. The van der Waals surface area contributed by atoms with E-state index >= 15 is 0 Å². The fourth-order valence-corrected chi connectivity index (χ4v) is 10.2. The van der Waals surface area contributed by atoms with E-state index in [-0.39, 0.29) is 0 Å². The summed E-state index contributed by atoms with van der Waals surface area (Å²) in [7, 11) is 0. The van der Waals surface area contributed by atoms with E-state index in [1.165, 1.54) is 33.0 Å². The molecule has 1 aliphatic carbocycles. The van der Waals surface area contributed by atoms with Gasteiger partial charge in [0.25, 0.3) is 0 Å². The lowest BCUT2D eigenvalue weighted by molar-refractivity contribution is 0.436. The number of para-hydroxylation sites is 3. The molecule has 0 amide bonds. The Labute approximate surface area is 351 Å². The summed E-state index contributed by atoms with van der Waals surface area (Å²) in [5, 5.41) is 4.58. The highest BCUT2D eigenvalue weighted by molar-refractivity contribution is 6.13. The van der Waals surface area contributed by atoms with Crippen LogP contribution in [-0.4, -0.2) is 19.5 Å². The van der Waals surface area contributed by atoms with Gasteiger partial charge in [-0.15, -0.1) is 0 Å². The molecule has 3 heterocycles. The minimum atomic E-state index is -0.579. The number of hydrogen-bond donors (Lipinski definition) is 0. The molecule has 0 saturated carbocycles. The monoisotopic (exact) mass is 778 g/mol. The average molecular weight is 779 g/mol. The number of aromatic nitrogens is 4. The van der Waals surface area contributed by atoms with Crippen LogP contribution < -0.4 is 4.74 Å². The lowest BCUT2D eigenvalue weighted by Crippen LogP contribution is -2.32. The normalized spacial score (nSPS) is 13.2. The summed E-state index contributed by atoms with van der Waals surface area (Å²) < 4.78 is 9.13. The molecule has 2 aromatic heterocycles. The van der Waals surface area contributed by atoms with Crippen LogP contribution in [0.1, 0.15) is 22.3 Å². The maximum Gasteiger partial charge on any atom is 0.164 e. The summed E-state index contributed by atoms with van der Waals surface area (Å²) in [6, 6.07) is 73.1. The quantitative estimate of drug-likeness (QED) is 0.179. The zero-order valence-corrected chi connectivity index (χ0v) is 32.8. The molecule has 1 spiro atoms. The van der Waals surface area contributed by atoms with Gasteiger partial charge in [0.1, 0.15) is 11.5 Å². The third-order valence-corrected chi connectivity index (χ3v) is 12.7. The highest BCUT2D eigenvalue weighted by Crippen LogP contribution is 2.62. The SMILES string of the molecule is c1ccc(-c2nc(-c3ccccc3)nc(-c3cccc4c(-n5c6ccccc6c6cc7c(cc65)C5(c6ccccc6Oc6ccccc65)c5ccccc5-7)cccc34)n2)cc1. The summed E-state index contributed by atoms with van der Waals surface area (Å²) in [6.45, 7) is 0. The molecule has 61 heavy (non-hydrogen) atoms. The second-order valence-corrected chi connectivity index (χ2v) is 15.9. The summed E-state index contributed by atoms with van der Waals surface area (Å²) in [4.78, 5) is 15.3. The van der Waals surface area contributed by atoms with Crippen LogP contribution in [0.15, 0.2) is 206 Å². The Morgan fingerprint density at radius 1 is 0.344 bits per heavy atom. The van der Waals surface area contributed by atoms with Gasteiger partial charge in [-0.2, -0.15) is 0 Å². The molecule has 1 aliphatic heterocycles. The number of benzene rings is 9. The predicted molar refractivity (Wildman–Crippen MR) is 245 cm³/mol. The minimum absolute atomic E-state index is 0.579. The first kappa shape index (κ1) is 33.8. The van der Waals surface area contributed by atoms with Gasteiger partial charge in [-0.3, -0.25) is 0 Å². The fraction of sp³-hybridized carbons (Fsp3) is 0.0179. The molecule has 0 fully saturated rings. The molecule has 2 aliphatic rings. The fourth-order valence-electron chi connectivity index (χ4n) is 10.2. The lowest BCUT2D eigenvalue weighted by Gasteiger charge is -2.39. The van der Waals surface area contributed by atoms with Crippen molar-refractivity contribution in [2.75, 3.05) is 0 Å². The van der Waals surface area contributed by atoms with Gasteiger partial charge in [0, 0.05) is 44.0 Å². The summed E-state index contributed by atoms with van der Waals surface area (Å²) in [5.41, 5.74) is 12.9. The van der Waals surface area contributed by atoms with Gasteiger partial charge in [0.05, 0.1) is 22.1 Å². The van der Waals surface area contributed by atoms with E-state index in [9.17, 15) is 0 Å². The first-order chi connectivity index (χ1) is 30.3. The van der Waals surface area contributed by atoms with E-state index in [2.05, 4.69) is 150 Å². The Hall–Kier alpha value is -8.15. The van der Waals surface area contributed by atoms with Gasteiger partial charge >= 0.3 is 0 Å². The van der Waals surface area contributed by atoms with E-state index in [0.717, 1.165) is 66.8 Å². The van der Waals surface area contributed by atoms with Gasteiger partial charge in [0.15, 0.2) is 17.5 Å². The number of nitrogens with zero attached hydrogens (tertiary/aromatic N) is 4. The largest absolute Gasteiger partial charge is 0.457 e. The molecule has 284 valence electrons. The smallest absolute Gasteiger partial charge is 0.164 e. The predicted octanol–water partition coefficient (Wildman–Crippen LogP) is 13.6. The molecule has 5 nitrogen and oxygen atoms in total. The lowest BCUT2D eigenvalue weighted by atomic mass is 9.66. The third kappa shape index (κ3) is 4.80. The van der Waals surface area contributed by atoms with Crippen molar-refractivity contribution < 1.29 is 4.74 Å². The zero-order chi connectivity index (χ0) is 40.1. The first-order valence-corrected chi connectivity index (χ1v) is 20.7. The highest BCUT2D eigenvalue weighted by atomic mass is 16.5. The molecule has 13 rings (SSSR count). The van der Waals surface area contributed by atoms with Crippen LogP contribution >= 0.6 is 0 Å². The molecule has 0 bridgehead atoms. The highest BCUT2D eigenvalue weighted by Gasteiger charge is 2.51. The van der Waals surface area contributed by atoms with Crippen molar-refractivity contribution in [2.24, 2.45) is 0 Å². The number of hydrogen-bond acceptors (Lipinski definition) is 4. The summed E-state index contributed by atoms with van der Waals surface area (Å²) in [6.07, 6.45) is 0. The topological polar surface area (TPSA) is 52.8 Å². The van der Waals surface area contributed by atoms with Gasteiger partial charge in [-0.25, -0.2) is 15.0 Å². The van der Waals surface area contributed by atoms with Crippen molar-refractivity contribution in [3.05, 3.63) is 229 Å². The molecule has 9 aromatic carbocycles. The van der Waals surface area contributed by atoms with Crippen molar-refractivity contribution in [3.63, 3.8) is 0 Å². The number of rotatable bonds is 4. The van der Waals surface area contributed by atoms with Crippen molar-refractivity contribution in [2.45, 2.75) is 5.41 Å². The van der Waals surface area contributed by atoms with E-state index in [4.69, 9.17) is 19.7 Å². The second-order valence-electron chi connectivity index (χ2n) is 15.9. The molecular formula is C56H34N4O. The second kappa shape index (κ2) is 12.9. The number of ether oxygens (including phenoxy) is 1. The molecule has 0 radical (unpaired) electrons.